The summed E-state index contributed by atoms with van der Waals surface area (Å²) in [5.41, 5.74) is 3.85. The number of unbranched alkanes of at least 4 members (excludes halogenated alkanes) is 2. The number of phenols is 1. The van der Waals surface area contributed by atoms with Crippen molar-refractivity contribution >= 4 is 5.91 Å². The Morgan fingerprint density at radius 3 is 2.31 bits per heavy atom. The highest BCUT2D eigenvalue weighted by Crippen LogP contribution is 2.37. The van der Waals surface area contributed by atoms with E-state index in [-0.39, 0.29) is 11.7 Å². The average molecular weight is 480 g/mol. The van der Waals surface area contributed by atoms with Gasteiger partial charge in [0.15, 0.2) is 6.54 Å². The lowest BCUT2D eigenvalue weighted by molar-refractivity contribution is -0.882. The maximum Gasteiger partial charge on any atom is 0.275 e. The number of nitrogens with one attached hydrogen (secondary N) is 1. The highest BCUT2D eigenvalue weighted by Gasteiger charge is 2.19. The van der Waals surface area contributed by atoms with Crippen molar-refractivity contribution in [3.8, 4) is 22.6 Å². The molecule has 0 aliphatic rings. The molecule has 0 aliphatic carbocycles. The molecule has 0 bridgehead atoms. The van der Waals surface area contributed by atoms with Crippen molar-refractivity contribution < 1.29 is 19.1 Å². The van der Waals surface area contributed by atoms with Crippen LogP contribution in [0.5, 0.6) is 11.5 Å². The molecule has 0 fully saturated rings. The van der Waals surface area contributed by atoms with Crippen LogP contribution in [0.1, 0.15) is 43.7 Å². The molecule has 190 valence electrons. The fourth-order valence-corrected chi connectivity index (χ4v) is 4.05. The molecule has 0 unspecified atom stereocenters. The third-order valence-corrected chi connectivity index (χ3v) is 5.99. The minimum Gasteiger partial charge on any atom is -0.507 e. The summed E-state index contributed by atoms with van der Waals surface area (Å²) in [4.78, 5) is 12.2. The molecule has 2 aromatic rings. The Bertz CT molecular complexity index is 982. The number of carbonyl (C=O) groups is 1. The molecule has 0 spiro atoms. The third kappa shape index (κ3) is 9.61. The molecule has 5 heteroatoms. The van der Waals surface area contributed by atoms with Crippen LogP contribution in [0.2, 0.25) is 0 Å². The van der Waals surface area contributed by atoms with Crippen LogP contribution in [0.3, 0.4) is 0 Å². The van der Waals surface area contributed by atoms with E-state index in [0.29, 0.717) is 17.6 Å². The van der Waals surface area contributed by atoms with Crippen LogP contribution in [-0.4, -0.2) is 55.8 Å². The fourth-order valence-electron chi connectivity index (χ4n) is 4.05. The maximum atomic E-state index is 12.2. The van der Waals surface area contributed by atoms with Gasteiger partial charge in [0.05, 0.1) is 27.2 Å². The molecule has 0 atom stereocenters. The van der Waals surface area contributed by atoms with Crippen LogP contribution in [0.4, 0.5) is 0 Å². The Hall–Kier alpha value is -3.05. The second-order valence-electron chi connectivity index (χ2n) is 9.74. The number of nitrogens with zero attached hydrogens (tertiary/aromatic N) is 1. The van der Waals surface area contributed by atoms with Crippen molar-refractivity contribution in [2.45, 2.75) is 45.4 Å². The predicted octanol–water partition coefficient (Wildman–Crippen LogP) is 5.67. The second kappa shape index (κ2) is 14.4. The molecule has 0 saturated carbocycles. The normalized spacial score (nSPS) is 11.2. The SMILES string of the molecule is C=CCc1ccc(O)c(-c2cc(CC=C)ccc2OCCCC[N+](C)(C)CC(=O)NCCCC)c1. The van der Waals surface area contributed by atoms with Crippen molar-refractivity contribution in [2.24, 2.45) is 0 Å². The molecule has 2 rings (SSSR count). The van der Waals surface area contributed by atoms with Crippen LogP contribution in [-0.2, 0) is 17.6 Å². The number of phenolic OH excluding ortho intramolecular Hbond substituents is 1. The quantitative estimate of drug-likeness (QED) is 0.185. The Balaban J connectivity index is 2.01. The van der Waals surface area contributed by atoms with E-state index in [0.717, 1.165) is 79.6 Å². The van der Waals surface area contributed by atoms with Gasteiger partial charge in [-0.1, -0.05) is 37.6 Å². The lowest BCUT2D eigenvalue weighted by Crippen LogP contribution is -2.48. The molecule has 2 N–H and O–H groups in total. The summed E-state index contributed by atoms with van der Waals surface area (Å²) in [5.74, 6) is 1.10. The number of hydrogen-bond donors (Lipinski definition) is 2. The molecule has 0 aliphatic heterocycles. The molecular weight excluding hydrogens is 436 g/mol. The summed E-state index contributed by atoms with van der Waals surface area (Å²) >= 11 is 0. The summed E-state index contributed by atoms with van der Waals surface area (Å²) in [6.07, 6.45) is 9.16. The number of likely N-dealkylation sites (N-methyl/N-ethyl adjacent to an activating group) is 1. The van der Waals surface area contributed by atoms with Crippen molar-refractivity contribution in [1.29, 1.82) is 0 Å². The first kappa shape index (κ1) is 28.2. The second-order valence-corrected chi connectivity index (χ2v) is 9.74. The zero-order valence-electron chi connectivity index (χ0n) is 21.8. The average Bonchev–Trinajstić information content (AvgIpc) is 2.81. The number of quaternary nitrogens is 1. The number of ether oxygens (including phenoxy) is 1. The first-order chi connectivity index (χ1) is 16.8. The van der Waals surface area contributed by atoms with Gasteiger partial charge >= 0.3 is 0 Å². The Labute approximate surface area is 211 Å². The predicted molar refractivity (Wildman–Crippen MR) is 146 cm³/mol. The Kier molecular flexibility index (Phi) is 11.6. The fraction of sp³-hybridized carbons (Fsp3) is 0.433. The molecule has 0 heterocycles. The smallest absolute Gasteiger partial charge is 0.275 e. The van der Waals surface area contributed by atoms with Gasteiger partial charge in [0, 0.05) is 17.7 Å². The molecule has 5 nitrogen and oxygen atoms in total. The van der Waals surface area contributed by atoms with Crippen LogP contribution >= 0.6 is 0 Å². The molecule has 35 heavy (non-hydrogen) atoms. The monoisotopic (exact) mass is 479 g/mol. The minimum absolute atomic E-state index is 0.113. The van der Waals surface area contributed by atoms with Gasteiger partial charge in [-0.05, 0) is 67.5 Å². The van der Waals surface area contributed by atoms with Gasteiger partial charge in [-0.15, -0.1) is 13.2 Å². The van der Waals surface area contributed by atoms with Crippen molar-refractivity contribution in [3.05, 3.63) is 72.8 Å². The number of benzene rings is 2. The standard InChI is InChI=1S/C30H42N2O3/c1-6-9-18-31-30(34)23-32(4,5)19-10-11-20-35-29-17-15-25(13-8-3)22-27(29)26-21-24(12-7-2)14-16-28(26)33/h7-8,14-17,21-22H,2-3,6,9-13,18-20,23H2,1,4-5H3,(H-,31,33,34)/p+1. The largest absolute Gasteiger partial charge is 0.507 e. The Morgan fingerprint density at radius 2 is 1.66 bits per heavy atom. The summed E-state index contributed by atoms with van der Waals surface area (Å²) < 4.78 is 6.85. The van der Waals surface area contributed by atoms with Gasteiger partial charge in [0.1, 0.15) is 11.5 Å². The topological polar surface area (TPSA) is 58.6 Å². The lowest BCUT2D eigenvalue weighted by atomic mass is 9.97. The lowest BCUT2D eigenvalue weighted by Gasteiger charge is -2.29. The van der Waals surface area contributed by atoms with Gasteiger partial charge in [0.25, 0.3) is 5.91 Å². The van der Waals surface area contributed by atoms with Crippen molar-refractivity contribution in [2.75, 3.05) is 40.3 Å². The highest BCUT2D eigenvalue weighted by atomic mass is 16.5. The van der Waals surface area contributed by atoms with Crippen LogP contribution in [0.15, 0.2) is 61.7 Å². The zero-order chi connectivity index (χ0) is 25.7. The third-order valence-electron chi connectivity index (χ3n) is 5.99. The van der Waals surface area contributed by atoms with Gasteiger partial charge < -0.3 is 19.6 Å². The number of aromatic hydroxyl groups is 1. The molecule has 0 saturated heterocycles. The number of amides is 1. The molecule has 0 aromatic heterocycles. The van der Waals surface area contributed by atoms with Crippen LogP contribution in [0.25, 0.3) is 11.1 Å². The van der Waals surface area contributed by atoms with Gasteiger partial charge in [-0.3, -0.25) is 4.79 Å². The Morgan fingerprint density at radius 1 is 1.00 bits per heavy atom. The number of hydrogen-bond acceptors (Lipinski definition) is 3. The van der Waals surface area contributed by atoms with E-state index >= 15 is 0 Å². The molecule has 0 radical (unpaired) electrons. The minimum atomic E-state index is 0.113. The first-order valence-corrected chi connectivity index (χ1v) is 12.7. The van der Waals surface area contributed by atoms with E-state index < -0.39 is 0 Å². The summed E-state index contributed by atoms with van der Waals surface area (Å²) in [6.45, 7) is 12.5. The summed E-state index contributed by atoms with van der Waals surface area (Å²) in [7, 11) is 4.19. The number of carbonyl (C=O) groups excluding carboxylic acids is 1. The summed E-state index contributed by atoms with van der Waals surface area (Å²) in [6, 6.07) is 11.7. The van der Waals surface area contributed by atoms with E-state index in [1.165, 1.54) is 0 Å². The van der Waals surface area contributed by atoms with E-state index in [2.05, 4.69) is 45.6 Å². The molecular formula is C30H43N2O3+. The molecule has 2 aromatic carbocycles. The number of rotatable bonds is 16. The van der Waals surface area contributed by atoms with Crippen molar-refractivity contribution in [3.63, 3.8) is 0 Å². The molecule has 1 amide bonds. The first-order valence-electron chi connectivity index (χ1n) is 12.7. The van der Waals surface area contributed by atoms with E-state index in [1.54, 1.807) is 6.07 Å². The van der Waals surface area contributed by atoms with Crippen LogP contribution < -0.4 is 10.1 Å². The summed E-state index contributed by atoms with van der Waals surface area (Å²) in [5, 5.41) is 13.6. The zero-order valence-corrected chi connectivity index (χ0v) is 21.8. The van der Waals surface area contributed by atoms with Gasteiger partial charge in [0.2, 0.25) is 0 Å². The van der Waals surface area contributed by atoms with E-state index in [1.807, 2.05) is 36.4 Å². The maximum absolute atomic E-state index is 12.2. The van der Waals surface area contributed by atoms with Crippen molar-refractivity contribution in [1.82, 2.24) is 5.32 Å². The van der Waals surface area contributed by atoms with Gasteiger partial charge in [-0.2, -0.15) is 0 Å². The van der Waals surface area contributed by atoms with E-state index in [9.17, 15) is 9.90 Å². The number of allylic oxidation sites excluding steroid dienone is 2. The van der Waals surface area contributed by atoms with E-state index in [4.69, 9.17) is 4.74 Å². The highest BCUT2D eigenvalue weighted by molar-refractivity contribution is 5.77. The van der Waals surface area contributed by atoms with Gasteiger partial charge in [-0.25, -0.2) is 0 Å². The van der Waals surface area contributed by atoms with Crippen LogP contribution in [0, 0.1) is 0 Å².